The molecule has 6 heteroatoms. The molecule has 1 atom stereocenters. The van der Waals surface area contributed by atoms with Crippen LogP contribution in [0.1, 0.15) is 75.8 Å². The summed E-state index contributed by atoms with van der Waals surface area (Å²) in [6.07, 6.45) is 0.801. The quantitative estimate of drug-likeness (QED) is 0.461. The number of benzene rings is 2. The van der Waals surface area contributed by atoms with Gasteiger partial charge in [-0.3, -0.25) is 14.2 Å². The normalized spacial score (nSPS) is 12.7. The largest absolute Gasteiger partial charge is 0.329 e. The number of carbonyl (C=O) groups excluding carboxylic acids is 1. The maximum absolute atomic E-state index is 13.5. The lowest BCUT2D eigenvalue weighted by molar-refractivity contribution is 0.0679. The van der Waals surface area contributed by atoms with E-state index in [0.29, 0.717) is 40.4 Å². The summed E-state index contributed by atoms with van der Waals surface area (Å²) in [5.41, 5.74) is 2.28. The highest BCUT2D eigenvalue weighted by molar-refractivity contribution is 6.31. The van der Waals surface area contributed by atoms with E-state index in [4.69, 9.17) is 16.6 Å². The Morgan fingerprint density at radius 2 is 1.78 bits per heavy atom. The summed E-state index contributed by atoms with van der Waals surface area (Å²) >= 11 is 6.10. The Labute approximate surface area is 195 Å². The van der Waals surface area contributed by atoms with Gasteiger partial charge in [0.15, 0.2) is 0 Å². The monoisotopic (exact) mass is 453 g/mol. The van der Waals surface area contributed by atoms with Gasteiger partial charge in [0.25, 0.3) is 11.5 Å². The van der Waals surface area contributed by atoms with Crippen molar-refractivity contribution in [3.05, 3.63) is 74.8 Å². The number of carbonyl (C=O) groups is 1. The number of fused-ring (bicyclic) bond motifs is 1. The lowest BCUT2D eigenvalue weighted by atomic mass is 9.86. The molecule has 0 saturated heterocycles. The zero-order chi connectivity index (χ0) is 23.6. The maximum Gasteiger partial charge on any atom is 0.261 e. The highest BCUT2D eigenvalue weighted by atomic mass is 35.5. The first-order valence-corrected chi connectivity index (χ1v) is 11.6. The van der Waals surface area contributed by atoms with Crippen molar-refractivity contribution in [1.29, 1.82) is 0 Å². The van der Waals surface area contributed by atoms with Crippen LogP contribution in [-0.2, 0) is 12.0 Å². The lowest BCUT2D eigenvalue weighted by Crippen LogP contribution is -2.38. The van der Waals surface area contributed by atoms with Crippen LogP contribution in [0.2, 0.25) is 5.02 Å². The molecule has 5 nitrogen and oxygen atoms in total. The summed E-state index contributed by atoms with van der Waals surface area (Å²) in [4.78, 5) is 33.2. The molecule has 3 aromatic rings. The molecule has 1 heterocycles. The van der Waals surface area contributed by atoms with E-state index in [-0.39, 0.29) is 22.9 Å². The average Bonchev–Trinajstić information content (AvgIpc) is 2.76. The first-order chi connectivity index (χ1) is 15.1. The highest BCUT2D eigenvalue weighted by Crippen LogP contribution is 2.26. The third kappa shape index (κ3) is 4.73. The fraction of sp³-hybridized carbons (Fsp3) is 0.423. The Kier molecular flexibility index (Phi) is 7.09. The molecule has 1 aromatic heterocycles. The summed E-state index contributed by atoms with van der Waals surface area (Å²) in [7, 11) is 0. The molecule has 0 fully saturated rings. The molecule has 0 aliphatic heterocycles. The van der Waals surface area contributed by atoms with Gasteiger partial charge in [-0.15, -0.1) is 0 Å². The van der Waals surface area contributed by atoms with Crippen LogP contribution in [-0.4, -0.2) is 26.9 Å². The van der Waals surface area contributed by atoms with Gasteiger partial charge in [0.05, 0.1) is 16.9 Å². The van der Waals surface area contributed by atoms with E-state index >= 15 is 0 Å². The van der Waals surface area contributed by atoms with E-state index in [2.05, 4.69) is 20.8 Å². The van der Waals surface area contributed by atoms with E-state index in [0.717, 1.165) is 6.42 Å². The molecule has 0 aliphatic rings. The van der Waals surface area contributed by atoms with Crippen LogP contribution < -0.4 is 5.56 Å². The Morgan fingerprint density at radius 3 is 2.34 bits per heavy atom. The first-order valence-electron chi connectivity index (χ1n) is 11.2. The second kappa shape index (κ2) is 9.45. The van der Waals surface area contributed by atoms with Crippen molar-refractivity contribution in [3.8, 4) is 0 Å². The molecule has 0 N–H and O–H groups in total. The van der Waals surface area contributed by atoms with Crippen molar-refractivity contribution in [2.75, 3.05) is 6.54 Å². The first kappa shape index (κ1) is 24.0. The minimum Gasteiger partial charge on any atom is -0.329 e. The van der Waals surface area contributed by atoms with Crippen molar-refractivity contribution in [2.24, 2.45) is 0 Å². The number of hydrogen-bond acceptors (Lipinski definition) is 3. The van der Waals surface area contributed by atoms with Gasteiger partial charge >= 0.3 is 0 Å². The molecule has 1 amide bonds. The van der Waals surface area contributed by atoms with E-state index in [1.807, 2.05) is 49.9 Å². The van der Waals surface area contributed by atoms with Crippen LogP contribution >= 0.6 is 11.6 Å². The highest BCUT2D eigenvalue weighted by Gasteiger charge is 2.26. The fourth-order valence-corrected chi connectivity index (χ4v) is 4.14. The zero-order valence-electron chi connectivity index (χ0n) is 19.8. The SMILES string of the molecule is CCCN(C(=O)c1ccc(C(C)(C)C)cc1)C(C)c1nc2ccc(Cl)cc2c(=O)n1CC. The van der Waals surface area contributed by atoms with Gasteiger partial charge in [0.2, 0.25) is 0 Å². The third-order valence-corrected chi connectivity index (χ3v) is 6.06. The van der Waals surface area contributed by atoms with Crippen LogP contribution in [0.4, 0.5) is 0 Å². The van der Waals surface area contributed by atoms with Gasteiger partial charge in [-0.05, 0) is 61.6 Å². The van der Waals surface area contributed by atoms with E-state index in [1.54, 1.807) is 22.8 Å². The van der Waals surface area contributed by atoms with Crippen LogP contribution in [0.15, 0.2) is 47.3 Å². The zero-order valence-corrected chi connectivity index (χ0v) is 20.5. The smallest absolute Gasteiger partial charge is 0.261 e. The summed E-state index contributed by atoms with van der Waals surface area (Å²) in [6, 6.07) is 12.6. The van der Waals surface area contributed by atoms with E-state index in [1.165, 1.54) is 5.56 Å². The van der Waals surface area contributed by atoms with Gasteiger partial charge in [-0.25, -0.2) is 4.98 Å². The van der Waals surface area contributed by atoms with Gasteiger partial charge in [-0.1, -0.05) is 51.4 Å². The molecule has 0 radical (unpaired) electrons. The molecular weight excluding hydrogens is 422 g/mol. The maximum atomic E-state index is 13.5. The number of nitrogens with zero attached hydrogens (tertiary/aromatic N) is 3. The fourth-order valence-electron chi connectivity index (χ4n) is 3.96. The summed E-state index contributed by atoms with van der Waals surface area (Å²) in [5, 5.41) is 0.989. The Morgan fingerprint density at radius 1 is 1.12 bits per heavy atom. The Hall–Kier alpha value is -2.66. The number of aromatic nitrogens is 2. The molecule has 3 rings (SSSR count). The summed E-state index contributed by atoms with van der Waals surface area (Å²) < 4.78 is 1.64. The summed E-state index contributed by atoms with van der Waals surface area (Å²) in [5.74, 6) is 0.522. The molecular formula is C26H32ClN3O2. The molecule has 0 aliphatic carbocycles. The Balaban J connectivity index is 2.05. The van der Waals surface area contributed by atoms with Crippen molar-refractivity contribution in [1.82, 2.24) is 14.5 Å². The van der Waals surface area contributed by atoms with Gasteiger partial charge < -0.3 is 4.90 Å². The summed E-state index contributed by atoms with van der Waals surface area (Å²) in [6.45, 7) is 13.4. The second-order valence-electron chi connectivity index (χ2n) is 9.18. The lowest BCUT2D eigenvalue weighted by Gasteiger charge is -2.30. The molecule has 0 saturated carbocycles. The second-order valence-corrected chi connectivity index (χ2v) is 9.62. The average molecular weight is 454 g/mol. The standard InChI is InChI=1S/C26H32ClN3O2/c1-7-15-30(24(31)18-9-11-19(12-10-18)26(4,5)6)17(3)23-28-22-14-13-20(27)16-21(22)25(32)29(23)8-2/h9-14,16-17H,7-8,15H2,1-6H3. The van der Waals surface area contributed by atoms with Gasteiger partial charge in [0, 0.05) is 23.7 Å². The van der Waals surface area contributed by atoms with Crippen molar-refractivity contribution in [3.63, 3.8) is 0 Å². The molecule has 0 spiro atoms. The van der Waals surface area contributed by atoms with Crippen LogP contribution in [0.3, 0.4) is 0 Å². The molecule has 32 heavy (non-hydrogen) atoms. The number of halogens is 1. The van der Waals surface area contributed by atoms with Crippen molar-refractivity contribution < 1.29 is 4.79 Å². The number of amides is 1. The van der Waals surface area contributed by atoms with Crippen molar-refractivity contribution in [2.45, 2.75) is 66.0 Å². The minimum atomic E-state index is -0.363. The number of rotatable bonds is 6. The molecule has 170 valence electrons. The van der Waals surface area contributed by atoms with Gasteiger partial charge in [0.1, 0.15) is 5.82 Å². The molecule has 0 bridgehead atoms. The predicted molar refractivity (Wildman–Crippen MR) is 132 cm³/mol. The number of hydrogen-bond donors (Lipinski definition) is 0. The topological polar surface area (TPSA) is 55.2 Å². The van der Waals surface area contributed by atoms with E-state index in [9.17, 15) is 9.59 Å². The predicted octanol–water partition coefficient (Wildman–Crippen LogP) is 5.98. The van der Waals surface area contributed by atoms with Crippen LogP contribution in [0, 0.1) is 0 Å². The van der Waals surface area contributed by atoms with Crippen molar-refractivity contribution >= 4 is 28.4 Å². The van der Waals surface area contributed by atoms with Crippen LogP contribution in [0.25, 0.3) is 10.9 Å². The molecule has 2 aromatic carbocycles. The van der Waals surface area contributed by atoms with Gasteiger partial charge in [-0.2, -0.15) is 0 Å². The van der Waals surface area contributed by atoms with E-state index < -0.39 is 0 Å². The Bertz CT molecular complexity index is 1180. The third-order valence-electron chi connectivity index (χ3n) is 5.83. The molecule has 1 unspecified atom stereocenters. The minimum absolute atomic E-state index is 0.0209. The van der Waals surface area contributed by atoms with Crippen LogP contribution in [0.5, 0.6) is 0 Å².